The van der Waals surface area contributed by atoms with Gasteiger partial charge in [-0.25, -0.2) is 13.4 Å². The highest BCUT2D eigenvalue weighted by Gasteiger charge is 2.17. The van der Waals surface area contributed by atoms with Gasteiger partial charge in [0, 0.05) is 12.2 Å². The van der Waals surface area contributed by atoms with E-state index in [1.165, 1.54) is 11.3 Å². The summed E-state index contributed by atoms with van der Waals surface area (Å²) >= 11 is 0. The highest BCUT2D eigenvalue weighted by atomic mass is 32.2. The van der Waals surface area contributed by atoms with Crippen LogP contribution in [0.15, 0.2) is 42.6 Å². The van der Waals surface area contributed by atoms with Crippen LogP contribution in [0.4, 0.5) is 17.2 Å². The quantitative estimate of drug-likeness (QED) is 0.946. The van der Waals surface area contributed by atoms with E-state index in [2.05, 4.69) is 32.8 Å². The van der Waals surface area contributed by atoms with Gasteiger partial charge in [0.15, 0.2) is 0 Å². The summed E-state index contributed by atoms with van der Waals surface area (Å²) in [7, 11) is -3.29. The molecule has 5 nitrogen and oxygen atoms in total. The van der Waals surface area contributed by atoms with Gasteiger partial charge in [-0.15, -0.1) is 0 Å². The van der Waals surface area contributed by atoms with Crippen molar-refractivity contribution < 1.29 is 8.42 Å². The van der Waals surface area contributed by atoms with Crippen LogP contribution in [-0.4, -0.2) is 26.2 Å². The molecule has 0 saturated carbocycles. The Labute approximate surface area is 124 Å². The van der Waals surface area contributed by atoms with Crippen LogP contribution in [0.25, 0.3) is 0 Å². The monoisotopic (exact) mass is 303 g/mol. The maximum Gasteiger partial charge on any atom is 0.230 e. The Morgan fingerprint density at radius 3 is 2.71 bits per heavy atom. The highest BCUT2D eigenvalue weighted by molar-refractivity contribution is 7.92. The van der Waals surface area contributed by atoms with Crippen LogP contribution >= 0.6 is 0 Å². The zero-order valence-corrected chi connectivity index (χ0v) is 12.6. The Bertz CT molecular complexity index is 742. The first kappa shape index (κ1) is 13.9. The van der Waals surface area contributed by atoms with Crippen molar-refractivity contribution in [2.24, 2.45) is 0 Å². The Balaban J connectivity index is 1.89. The van der Waals surface area contributed by atoms with Crippen LogP contribution in [0.2, 0.25) is 0 Å². The molecule has 6 heteroatoms. The molecular weight excluding hydrogens is 286 g/mol. The molecule has 1 N–H and O–H groups in total. The zero-order chi connectivity index (χ0) is 14.9. The molecule has 0 unspecified atom stereocenters. The van der Waals surface area contributed by atoms with Gasteiger partial charge < -0.3 is 4.90 Å². The summed E-state index contributed by atoms with van der Waals surface area (Å²) in [5.41, 5.74) is 3.51. The second-order valence-corrected chi connectivity index (χ2v) is 6.91. The van der Waals surface area contributed by atoms with E-state index in [1.807, 2.05) is 12.1 Å². The molecule has 0 atom stereocenters. The van der Waals surface area contributed by atoms with E-state index < -0.39 is 10.0 Å². The van der Waals surface area contributed by atoms with Crippen molar-refractivity contribution >= 4 is 27.2 Å². The largest absolute Gasteiger partial charge is 0.340 e. The fraction of sp³-hybridized carbons (Fsp3) is 0.267. The molecule has 0 amide bonds. The summed E-state index contributed by atoms with van der Waals surface area (Å²) in [6, 6.07) is 11.9. The van der Waals surface area contributed by atoms with Crippen LogP contribution in [0.3, 0.4) is 0 Å². The number of hydrogen-bond donors (Lipinski definition) is 1. The normalized spacial score (nSPS) is 14.6. The molecule has 0 spiro atoms. The van der Waals surface area contributed by atoms with E-state index in [1.54, 1.807) is 12.3 Å². The molecule has 0 saturated heterocycles. The summed E-state index contributed by atoms with van der Waals surface area (Å²) in [4.78, 5) is 6.40. The van der Waals surface area contributed by atoms with Crippen LogP contribution in [-0.2, 0) is 16.4 Å². The third kappa shape index (κ3) is 3.16. The molecule has 2 heterocycles. The summed E-state index contributed by atoms with van der Waals surface area (Å²) in [6.45, 7) is 0.942. The van der Waals surface area contributed by atoms with Crippen molar-refractivity contribution in [2.45, 2.75) is 12.8 Å². The van der Waals surface area contributed by atoms with Gasteiger partial charge in [-0.05, 0) is 36.6 Å². The summed E-state index contributed by atoms with van der Waals surface area (Å²) in [5, 5.41) is 0. The summed E-state index contributed by atoms with van der Waals surface area (Å²) in [5.74, 6) is 0.339. The molecule has 0 fully saturated rings. The van der Waals surface area contributed by atoms with E-state index in [4.69, 9.17) is 0 Å². The van der Waals surface area contributed by atoms with Crippen molar-refractivity contribution in [1.29, 1.82) is 0 Å². The molecule has 110 valence electrons. The van der Waals surface area contributed by atoms with Crippen LogP contribution in [0, 0.1) is 0 Å². The molecule has 1 aromatic carbocycles. The maximum atomic E-state index is 11.2. The second-order valence-electron chi connectivity index (χ2n) is 5.16. The minimum absolute atomic E-state index is 0.339. The third-order valence-corrected chi connectivity index (χ3v) is 4.04. The Morgan fingerprint density at radius 1 is 1.19 bits per heavy atom. The van der Waals surface area contributed by atoms with Crippen molar-refractivity contribution in [3.63, 3.8) is 0 Å². The minimum atomic E-state index is -3.29. The van der Waals surface area contributed by atoms with Crippen LogP contribution in [0.5, 0.6) is 0 Å². The van der Waals surface area contributed by atoms with Crippen molar-refractivity contribution in [1.82, 2.24) is 4.98 Å². The fourth-order valence-corrected chi connectivity index (χ4v) is 3.10. The molecule has 0 bridgehead atoms. The molecule has 1 aliphatic rings. The van der Waals surface area contributed by atoms with Gasteiger partial charge >= 0.3 is 0 Å². The Hall–Kier alpha value is -2.08. The average Bonchev–Trinajstić information content (AvgIpc) is 2.46. The van der Waals surface area contributed by atoms with E-state index in [-0.39, 0.29) is 0 Å². The number of nitrogens with zero attached hydrogens (tertiary/aromatic N) is 2. The van der Waals surface area contributed by atoms with Crippen LogP contribution in [0.1, 0.15) is 12.0 Å². The van der Waals surface area contributed by atoms with Gasteiger partial charge in [-0.1, -0.05) is 18.2 Å². The molecule has 0 aliphatic carbocycles. The lowest BCUT2D eigenvalue weighted by molar-refractivity contribution is 0.606. The lowest BCUT2D eigenvalue weighted by Gasteiger charge is -2.31. The molecule has 2 aromatic rings. The predicted octanol–water partition coefficient (Wildman–Crippen LogP) is 2.54. The number of sulfonamides is 1. The highest BCUT2D eigenvalue weighted by Crippen LogP contribution is 2.33. The van der Waals surface area contributed by atoms with Gasteiger partial charge in [0.25, 0.3) is 0 Å². The number of hydrogen-bond acceptors (Lipinski definition) is 4. The van der Waals surface area contributed by atoms with Crippen molar-refractivity contribution in [2.75, 3.05) is 22.4 Å². The van der Waals surface area contributed by atoms with E-state index in [0.29, 0.717) is 5.82 Å². The third-order valence-electron chi connectivity index (χ3n) is 3.46. The predicted molar refractivity (Wildman–Crippen MR) is 84.5 cm³/mol. The number of pyridine rings is 1. The van der Waals surface area contributed by atoms with Gasteiger partial charge in [-0.3, -0.25) is 4.72 Å². The van der Waals surface area contributed by atoms with Crippen LogP contribution < -0.4 is 9.62 Å². The summed E-state index contributed by atoms with van der Waals surface area (Å²) < 4.78 is 24.8. The van der Waals surface area contributed by atoms with E-state index in [0.717, 1.165) is 31.3 Å². The SMILES string of the molecule is CS(=O)(=O)Nc1ccc(N2CCCc3ccccc32)cn1. The molecule has 1 aromatic heterocycles. The number of para-hydroxylation sites is 1. The second kappa shape index (κ2) is 5.37. The Morgan fingerprint density at radius 2 is 2.00 bits per heavy atom. The number of nitrogens with one attached hydrogen (secondary N) is 1. The minimum Gasteiger partial charge on any atom is -0.340 e. The molecule has 0 radical (unpaired) electrons. The number of benzene rings is 1. The first-order chi connectivity index (χ1) is 10.0. The van der Waals surface area contributed by atoms with Gasteiger partial charge in [-0.2, -0.15) is 0 Å². The van der Waals surface area contributed by atoms with Gasteiger partial charge in [0.2, 0.25) is 10.0 Å². The smallest absolute Gasteiger partial charge is 0.230 e. The topological polar surface area (TPSA) is 62.3 Å². The zero-order valence-electron chi connectivity index (χ0n) is 11.8. The first-order valence-corrected chi connectivity index (χ1v) is 8.71. The van der Waals surface area contributed by atoms with Gasteiger partial charge in [0.05, 0.1) is 18.1 Å². The van der Waals surface area contributed by atoms with E-state index >= 15 is 0 Å². The maximum absolute atomic E-state index is 11.2. The van der Waals surface area contributed by atoms with Crippen molar-refractivity contribution in [3.8, 4) is 0 Å². The van der Waals surface area contributed by atoms with E-state index in [9.17, 15) is 8.42 Å². The van der Waals surface area contributed by atoms with Gasteiger partial charge in [0.1, 0.15) is 5.82 Å². The first-order valence-electron chi connectivity index (χ1n) is 6.82. The molecular formula is C15H17N3O2S. The summed E-state index contributed by atoms with van der Waals surface area (Å²) in [6.07, 6.45) is 5.01. The molecule has 1 aliphatic heterocycles. The number of rotatable bonds is 3. The molecule has 21 heavy (non-hydrogen) atoms. The van der Waals surface area contributed by atoms with Crippen molar-refractivity contribution in [3.05, 3.63) is 48.2 Å². The number of anilines is 3. The number of fused-ring (bicyclic) bond motifs is 1. The average molecular weight is 303 g/mol. The lowest BCUT2D eigenvalue weighted by Crippen LogP contribution is -2.24. The fourth-order valence-electron chi connectivity index (χ4n) is 2.60. The lowest BCUT2D eigenvalue weighted by atomic mass is 10.0. The molecule has 3 rings (SSSR count). The number of aromatic nitrogens is 1. The number of aryl methyl sites for hydroxylation is 1. The Kier molecular flexibility index (Phi) is 3.55. The standard InChI is InChI=1S/C15H17N3O2S/c1-21(19,20)17-15-9-8-13(11-16-15)18-10-4-6-12-5-2-3-7-14(12)18/h2-3,5,7-9,11H,4,6,10H2,1H3,(H,16,17).